The van der Waals surface area contributed by atoms with Gasteiger partial charge in [0.05, 0.1) is 12.3 Å². The first kappa shape index (κ1) is 17.5. The number of nitrogens with zero attached hydrogens (tertiary/aromatic N) is 3. The highest BCUT2D eigenvalue weighted by atomic mass is 19.4. The molecule has 0 atom stereocenters. The molecule has 0 unspecified atom stereocenters. The molecule has 8 heteroatoms. The predicted octanol–water partition coefficient (Wildman–Crippen LogP) is 3.00. The SMILES string of the molecule is CCOC(=O)c1nnn(CCCC(F)(F)F)c1CC(C)C. The van der Waals surface area contributed by atoms with Gasteiger partial charge >= 0.3 is 12.1 Å². The molecule has 0 saturated carbocycles. The van der Waals surface area contributed by atoms with Gasteiger partial charge in [-0.15, -0.1) is 5.10 Å². The topological polar surface area (TPSA) is 57.0 Å². The fraction of sp³-hybridized carbons (Fsp3) is 0.769. The van der Waals surface area contributed by atoms with Crippen LogP contribution in [0.3, 0.4) is 0 Å². The molecule has 120 valence electrons. The summed E-state index contributed by atoms with van der Waals surface area (Å²) in [5.41, 5.74) is 0.628. The third-order valence-corrected chi connectivity index (χ3v) is 2.74. The first-order valence-corrected chi connectivity index (χ1v) is 6.90. The van der Waals surface area contributed by atoms with Crippen molar-refractivity contribution in [2.24, 2.45) is 5.92 Å². The summed E-state index contributed by atoms with van der Waals surface area (Å²) in [7, 11) is 0. The lowest BCUT2D eigenvalue weighted by molar-refractivity contribution is -0.136. The first-order chi connectivity index (χ1) is 9.74. The van der Waals surface area contributed by atoms with E-state index in [4.69, 9.17) is 4.74 Å². The molecule has 1 aromatic rings. The second-order valence-electron chi connectivity index (χ2n) is 5.15. The van der Waals surface area contributed by atoms with Crippen molar-refractivity contribution in [1.82, 2.24) is 15.0 Å². The van der Waals surface area contributed by atoms with Crippen LogP contribution in [0.1, 0.15) is 49.8 Å². The molecule has 0 radical (unpaired) electrons. The van der Waals surface area contributed by atoms with Gasteiger partial charge in [-0.2, -0.15) is 13.2 Å². The summed E-state index contributed by atoms with van der Waals surface area (Å²) in [6.45, 7) is 5.85. The van der Waals surface area contributed by atoms with E-state index >= 15 is 0 Å². The molecule has 0 N–H and O–H groups in total. The van der Waals surface area contributed by atoms with Crippen LogP contribution >= 0.6 is 0 Å². The fourth-order valence-corrected chi connectivity index (χ4v) is 1.89. The summed E-state index contributed by atoms with van der Waals surface area (Å²) in [5, 5.41) is 7.55. The van der Waals surface area contributed by atoms with E-state index in [0.29, 0.717) is 12.1 Å². The Bertz CT molecular complexity index is 470. The Kier molecular flexibility index (Phi) is 6.17. The van der Waals surface area contributed by atoms with Crippen molar-refractivity contribution in [2.75, 3.05) is 6.61 Å². The molecule has 0 fully saturated rings. The lowest BCUT2D eigenvalue weighted by atomic mass is 10.1. The number of carbonyl (C=O) groups is 1. The standard InChI is InChI=1S/C13H20F3N3O2/c1-4-21-12(20)11-10(8-9(2)3)19(18-17-11)7-5-6-13(14,15)16/h9H,4-8H2,1-3H3. The second kappa shape index (κ2) is 7.42. The molecule has 0 aliphatic rings. The molecule has 0 saturated heterocycles. The second-order valence-corrected chi connectivity index (χ2v) is 5.15. The van der Waals surface area contributed by atoms with Crippen LogP contribution in [-0.4, -0.2) is 33.7 Å². The van der Waals surface area contributed by atoms with Crippen LogP contribution in [0.4, 0.5) is 13.2 Å². The summed E-state index contributed by atoms with van der Waals surface area (Å²) in [4.78, 5) is 11.8. The molecular formula is C13H20F3N3O2. The summed E-state index contributed by atoms with van der Waals surface area (Å²) >= 11 is 0. The van der Waals surface area contributed by atoms with Crippen molar-refractivity contribution in [3.8, 4) is 0 Å². The number of esters is 1. The Hall–Kier alpha value is -1.60. The predicted molar refractivity (Wildman–Crippen MR) is 69.8 cm³/mol. The van der Waals surface area contributed by atoms with E-state index in [0.717, 1.165) is 0 Å². The fourth-order valence-electron chi connectivity index (χ4n) is 1.89. The van der Waals surface area contributed by atoms with Gasteiger partial charge < -0.3 is 4.74 Å². The van der Waals surface area contributed by atoms with Crippen LogP contribution in [-0.2, 0) is 17.7 Å². The van der Waals surface area contributed by atoms with E-state index in [1.807, 2.05) is 13.8 Å². The van der Waals surface area contributed by atoms with Crippen molar-refractivity contribution < 1.29 is 22.7 Å². The molecule has 1 aromatic heterocycles. The smallest absolute Gasteiger partial charge is 0.389 e. The zero-order chi connectivity index (χ0) is 16.0. The molecule has 0 spiro atoms. The minimum Gasteiger partial charge on any atom is -0.461 e. The zero-order valence-electron chi connectivity index (χ0n) is 12.4. The van der Waals surface area contributed by atoms with Gasteiger partial charge in [0, 0.05) is 13.0 Å². The zero-order valence-corrected chi connectivity index (χ0v) is 12.4. The average Bonchev–Trinajstić information content (AvgIpc) is 2.70. The highest BCUT2D eigenvalue weighted by Crippen LogP contribution is 2.22. The molecule has 5 nitrogen and oxygen atoms in total. The van der Waals surface area contributed by atoms with Gasteiger partial charge in [0.1, 0.15) is 0 Å². The summed E-state index contributed by atoms with van der Waals surface area (Å²) in [5.74, 6) is -0.367. The van der Waals surface area contributed by atoms with E-state index in [2.05, 4.69) is 10.3 Å². The van der Waals surface area contributed by atoms with Crippen molar-refractivity contribution in [1.29, 1.82) is 0 Å². The van der Waals surface area contributed by atoms with Crippen molar-refractivity contribution in [3.05, 3.63) is 11.4 Å². The van der Waals surface area contributed by atoms with Gasteiger partial charge in [-0.25, -0.2) is 9.48 Å². The molecule has 0 aromatic carbocycles. The Balaban J connectivity index is 2.85. The Morgan fingerprint density at radius 2 is 2.05 bits per heavy atom. The van der Waals surface area contributed by atoms with Crippen LogP contribution < -0.4 is 0 Å². The van der Waals surface area contributed by atoms with E-state index in [1.165, 1.54) is 4.68 Å². The molecular weight excluding hydrogens is 287 g/mol. The summed E-state index contributed by atoms with van der Waals surface area (Å²) < 4.78 is 42.8. The number of ether oxygens (including phenoxy) is 1. The third kappa shape index (κ3) is 5.73. The van der Waals surface area contributed by atoms with E-state index < -0.39 is 18.6 Å². The van der Waals surface area contributed by atoms with Gasteiger partial charge in [0.2, 0.25) is 0 Å². The number of hydrogen-bond acceptors (Lipinski definition) is 4. The van der Waals surface area contributed by atoms with Crippen molar-refractivity contribution >= 4 is 5.97 Å². The van der Waals surface area contributed by atoms with Crippen LogP contribution in [0, 0.1) is 5.92 Å². The maximum atomic E-state index is 12.2. The molecule has 0 aliphatic carbocycles. The van der Waals surface area contributed by atoms with E-state index in [1.54, 1.807) is 6.92 Å². The number of aryl methyl sites for hydroxylation is 1. The minimum absolute atomic E-state index is 0.0773. The van der Waals surface area contributed by atoms with E-state index in [-0.39, 0.29) is 31.2 Å². The van der Waals surface area contributed by atoms with Crippen LogP contribution in [0.2, 0.25) is 0 Å². The Morgan fingerprint density at radius 1 is 1.38 bits per heavy atom. The number of alkyl halides is 3. The monoisotopic (exact) mass is 307 g/mol. The molecule has 1 heterocycles. The van der Waals surface area contributed by atoms with Crippen molar-refractivity contribution in [3.63, 3.8) is 0 Å². The van der Waals surface area contributed by atoms with Crippen molar-refractivity contribution in [2.45, 2.75) is 52.8 Å². The molecule has 0 aliphatic heterocycles. The van der Waals surface area contributed by atoms with Gasteiger partial charge in [-0.1, -0.05) is 19.1 Å². The number of rotatable bonds is 7. The Labute approximate surface area is 121 Å². The van der Waals surface area contributed by atoms with Crippen LogP contribution in [0.5, 0.6) is 0 Å². The van der Waals surface area contributed by atoms with Gasteiger partial charge in [-0.3, -0.25) is 0 Å². The summed E-state index contributed by atoms with van der Waals surface area (Å²) in [6.07, 6.45) is -4.67. The molecule has 1 rings (SSSR count). The number of halogens is 3. The van der Waals surface area contributed by atoms with Gasteiger partial charge in [-0.05, 0) is 25.7 Å². The third-order valence-electron chi connectivity index (χ3n) is 2.74. The maximum Gasteiger partial charge on any atom is 0.389 e. The summed E-state index contributed by atoms with van der Waals surface area (Å²) in [6, 6.07) is 0. The highest BCUT2D eigenvalue weighted by Gasteiger charge is 2.27. The molecule has 0 bridgehead atoms. The van der Waals surface area contributed by atoms with Gasteiger partial charge in [0.25, 0.3) is 0 Å². The lowest BCUT2D eigenvalue weighted by Crippen LogP contribution is -2.15. The molecule has 21 heavy (non-hydrogen) atoms. The maximum absolute atomic E-state index is 12.2. The largest absolute Gasteiger partial charge is 0.461 e. The number of aromatic nitrogens is 3. The number of carbonyl (C=O) groups excluding carboxylic acids is 1. The lowest BCUT2D eigenvalue weighted by Gasteiger charge is -2.10. The van der Waals surface area contributed by atoms with E-state index in [9.17, 15) is 18.0 Å². The molecule has 0 amide bonds. The highest BCUT2D eigenvalue weighted by molar-refractivity contribution is 5.88. The normalized spacial score (nSPS) is 12.0. The van der Waals surface area contributed by atoms with Crippen LogP contribution in [0.25, 0.3) is 0 Å². The number of hydrogen-bond donors (Lipinski definition) is 0. The average molecular weight is 307 g/mol. The Morgan fingerprint density at radius 3 is 2.57 bits per heavy atom. The van der Waals surface area contributed by atoms with Crippen LogP contribution in [0.15, 0.2) is 0 Å². The first-order valence-electron chi connectivity index (χ1n) is 6.90. The quantitative estimate of drug-likeness (QED) is 0.727. The minimum atomic E-state index is -4.19. The van der Waals surface area contributed by atoms with Gasteiger partial charge in [0.15, 0.2) is 5.69 Å².